The van der Waals surface area contributed by atoms with Crippen molar-refractivity contribution in [1.29, 1.82) is 0 Å². The van der Waals surface area contributed by atoms with Crippen LogP contribution in [-0.4, -0.2) is 36.9 Å². The van der Waals surface area contributed by atoms with Gasteiger partial charge in [0.2, 0.25) is 11.8 Å². The molecular formula is C18H30ClN3O2. The van der Waals surface area contributed by atoms with Gasteiger partial charge in [-0.2, -0.15) is 0 Å². The van der Waals surface area contributed by atoms with Crippen molar-refractivity contribution < 1.29 is 9.59 Å². The lowest BCUT2D eigenvalue weighted by atomic mass is 9.81. The fourth-order valence-corrected chi connectivity index (χ4v) is 2.70. The molecule has 0 aromatic heterocycles. The zero-order valence-electron chi connectivity index (χ0n) is 15.3. The topological polar surface area (TPSA) is 75.4 Å². The molecule has 3 N–H and O–H groups in total. The summed E-state index contributed by atoms with van der Waals surface area (Å²) in [6.45, 7) is 8.19. The highest BCUT2D eigenvalue weighted by Gasteiger charge is 2.36. The fourth-order valence-electron chi connectivity index (χ4n) is 2.70. The summed E-state index contributed by atoms with van der Waals surface area (Å²) in [6.07, 6.45) is 1.34. The lowest BCUT2D eigenvalue weighted by molar-refractivity contribution is -0.142. The van der Waals surface area contributed by atoms with Crippen LogP contribution in [0.5, 0.6) is 0 Å². The SMILES string of the molecule is CCC(CC)(CN)C(=O)N(C)CC(=O)Nc1cccc(C)c1C.Cl. The summed E-state index contributed by atoms with van der Waals surface area (Å²) in [7, 11) is 1.65. The summed E-state index contributed by atoms with van der Waals surface area (Å²) in [5.74, 6) is -0.270. The third-order valence-electron chi connectivity index (χ3n) is 4.80. The monoisotopic (exact) mass is 355 g/mol. The number of rotatable bonds is 7. The van der Waals surface area contributed by atoms with Gasteiger partial charge in [0.1, 0.15) is 0 Å². The van der Waals surface area contributed by atoms with Crippen molar-refractivity contribution in [3.63, 3.8) is 0 Å². The van der Waals surface area contributed by atoms with Crippen LogP contribution in [0.1, 0.15) is 37.8 Å². The average molecular weight is 356 g/mol. The summed E-state index contributed by atoms with van der Waals surface area (Å²) in [6, 6.07) is 5.77. The quantitative estimate of drug-likeness (QED) is 0.789. The van der Waals surface area contributed by atoms with Crippen molar-refractivity contribution in [3.05, 3.63) is 29.3 Å². The average Bonchev–Trinajstić information content (AvgIpc) is 2.53. The predicted octanol–water partition coefficient (Wildman–Crippen LogP) is 2.89. The van der Waals surface area contributed by atoms with E-state index in [2.05, 4.69) is 5.32 Å². The Labute approximate surface area is 151 Å². The molecule has 0 aliphatic rings. The van der Waals surface area contributed by atoms with Crippen molar-refractivity contribution in [2.24, 2.45) is 11.1 Å². The highest BCUT2D eigenvalue weighted by atomic mass is 35.5. The minimum atomic E-state index is -0.575. The van der Waals surface area contributed by atoms with E-state index in [0.29, 0.717) is 19.4 Å². The second kappa shape index (κ2) is 9.64. The number of benzene rings is 1. The first-order valence-electron chi connectivity index (χ1n) is 8.13. The number of carbonyl (C=O) groups is 2. The van der Waals surface area contributed by atoms with Crippen LogP contribution < -0.4 is 11.1 Å². The van der Waals surface area contributed by atoms with Crippen LogP contribution in [0.15, 0.2) is 18.2 Å². The maximum Gasteiger partial charge on any atom is 0.243 e. The number of nitrogens with one attached hydrogen (secondary N) is 1. The Morgan fingerprint density at radius 3 is 2.29 bits per heavy atom. The summed E-state index contributed by atoms with van der Waals surface area (Å²) in [4.78, 5) is 26.4. The first-order valence-corrected chi connectivity index (χ1v) is 8.13. The van der Waals surface area contributed by atoms with Crippen LogP contribution in [0.25, 0.3) is 0 Å². The molecule has 1 rings (SSSR count). The van der Waals surface area contributed by atoms with Gasteiger partial charge in [-0.15, -0.1) is 12.4 Å². The molecule has 0 fully saturated rings. The van der Waals surface area contributed by atoms with Gasteiger partial charge in [0.15, 0.2) is 0 Å². The van der Waals surface area contributed by atoms with Crippen molar-refractivity contribution in [2.45, 2.75) is 40.5 Å². The van der Waals surface area contributed by atoms with E-state index >= 15 is 0 Å². The Bertz CT molecular complexity index is 563. The Hall–Kier alpha value is -1.59. The number of halogens is 1. The number of aryl methyl sites for hydroxylation is 1. The van der Waals surface area contributed by atoms with E-state index in [1.807, 2.05) is 45.9 Å². The highest BCUT2D eigenvalue weighted by Crippen LogP contribution is 2.27. The molecule has 1 aromatic rings. The van der Waals surface area contributed by atoms with Crippen LogP contribution in [0.2, 0.25) is 0 Å². The van der Waals surface area contributed by atoms with Crippen LogP contribution in [-0.2, 0) is 9.59 Å². The molecule has 24 heavy (non-hydrogen) atoms. The van der Waals surface area contributed by atoms with E-state index < -0.39 is 5.41 Å². The van der Waals surface area contributed by atoms with E-state index in [9.17, 15) is 9.59 Å². The van der Waals surface area contributed by atoms with E-state index in [1.165, 1.54) is 4.90 Å². The minimum Gasteiger partial charge on any atom is -0.336 e. The zero-order chi connectivity index (χ0) is 17.6. The van der Waals surface area contributed by atoms with Gasteiger partial charge in [0.25, 0.3) is 0 Å². The largest absolute Gasteiger partial charge is 0.336 e. The lowest BCUT2D eigenvalue weighted by Gasteiger charge is -2.33. The Morgan fingerprint density at radius 1 is 1.21 bits per heavy atom. The Morgan fingerprint density at radius 2 is 1.79 bits per heavy atom. The summed E-state index contributed by atoms with van der Waals surface area (Å²) < 4.78 is 0. The molecule has 0 bridgehead atoms. The third kappa shape index (κ3) is 4.95. The molecule has 0 aliphatic heterocycles. The van der Waals surface area contributed by atoms with Crippen LogP contribution in [0.3, 0.4) is 0 Å². The molecule has 0 unspecified atom stereocenters. The minimum absolute atomic E-state index is 0. The van der Waals surface area contributed by atoms with Crippen molar-refractivity contribution in [1.82, 2.24) is 4.90 Å². The van der Waals surface area contributed by atoms with Gasteiger partial charge in [0.05, 0.1) is 12.0 Å². The molecule has 1 aromatic carbocycles. The Kier molecular flexibility index (Phi) is 9.01. The maximum atomic E-state index is 12.6. The van der Waals surface area contributed by atoms with Crippen molar-refractivity contribution in [3.8, 4) is 0 Å². The second-order valence-electron chi connectivity index (χ2n) is 6.15. The summed E-state index contributed by atoms with van der Waals surface area (Å²) >= 11 is 0. The predicted molar refractivity (Wildman–Crippen MR) is 102 cm³/mol. The van der Waals surface area contributed by atoms with Gasteiger partial charge in [-0.05, 0) is 43.9 Å². The summed E-state index contributed by atoms with van der Waals surface area (Å²) in [5.41, 5.74) is 8.17. The number of anilines is 1. The maximum absolute atomic E-state index is 12.6. The molecule has 5 nitrogen and oxygen atoms in total. The number of amides is 2. The lowest BCUT2D eigenvalue weighted by Crippen LogP contribution is -2.48. The van der Waals surface area contributed by atoms with Gasteiger partial charge in [-0.3, -0.25) is 9.59 Å². The van der Waals surface area contributed by atoms with Gasteiger partial charge in [-0.1, -0.05) is 26.0 Å². The number of hydrogen-bond donors (Lipinski definition) is 2. The van der Waals surface area contributed by atoms with Gasteiger partial charge >= 0.3 is 0 Å². The standard InChI is InChI=1S/C18H29N3O2.ClH/c1-6-18(7-2,12-19)17(23)21(5)11-16(22)20-15-10-8-9-13(3)14(15)4;/h8-10H,6-7,11-12,19H2,1-5H3,(H,20,22);1H. The molecule has 0 saturated heterocycles. The van der Waals surface area contributed by atoms with Gasteiger partial charge in [-0.25, -0.2) is 0 Å². The van der Waals surface area contributed by atoms with Gasteiger partial charge < -0.3 is 16.0 Å². The number of nitrogens with two attached hydrogens (primary N) is 1. The van der Waals surface area contributed by atoms with E-state index in [-0.39, 0.29) is 30.8 Å². The van der Waals surface area contributed by atoms with Gasteiger partial charge in [0, 0.05) is 19.3 Å². The molecule has 0 heterocycles. The number of carbonyl (C=O) groups excluding carboxylic acids is 2. The first-order chi connectivity index (χ1) is 10.8. The molecule has 0 saturated carbocycles. The van der Waals surface area contributed by atoms with E-state index in [0.717, 1.165) is 16.8 Å². The molecule has 6 heteroatoms. The smallest absolute Gasteiger partial charge is 0.243 e. The summed E-state index contributed by atoms with van der Waals surface area (Å²) in [5, 5.41) is 2.88. The molecule has 2 amide bonds. The second-order valence-corrected chi connectivity index (χ2v) is 6.15. The zero-order valence-corrected chi connectivity index (χ0v) is 16.1. The highest BCUT2D eigenvalue weighted by molar-refractivity contribution is 5.96. The van der Waals surface area contributed by atoms with Crippen molar-refractivity contribution >= 4 is 29.9 Å². The molecule has 0 spiro atoms. The molecule has 0 atom stereocenters. The number of likely N-dealkylation sites (N-methyl/N-ethyl adjacent to an activating group) is 1. The third-order valence-corrected chi connectivity index (χ3v) is 4.80. The van der Waals surface area contributed by atoms with Crippen LogP contribution in [0.4, 0.5) is 5.69 Å². The molecular weight excluding hydrogens is 326 g/mol. The Balaban J connectivity index is 0.00000529. The fraction of sp³-hybridized carbons (Fsp3) is 0.556. The van der Waals surface area contributed by atoms with E-state index in [1.54, 1.807) is 7.05 Å². The molecule has 0 aliphatic carbocycles. The van der Waals surface area contributed by atoms with Crippen LogP contribution in [0, 0.1) is 19.3 Å². The number of hydrogen-bond acceptors (Lipinski definition) is 3. The van der Waals surface area contributed by atoms with Crippen molar-refractivity contribution in [2.75, 3.05) is 25.5 Å². The number of nitrogens with zero attached hydrogens (tertiary/aromatic N) is 1. The molecule has 0 radical (unpaired) electrons. The normalized spacial score (nSPS) is 10.8. The first kappa shape index (κ1) is 22.4. The van der Waals surface area contributed by atoms with Crippen LogP contribution >= 0.6 is 12.4 Å². The molecule has 136 valence electrons. The van der Waals surface area contributed by atoms with E-state index in [4.69, 9.17) is 5.73 Å².